The highest BCUT2D eigenvalue weighted by Crippen LogP contribution is 2.32. The maximum absolute atomic E-state index is 12.3. The predicted molar refractivity (Wildman–Crippen MR) is 129 cm³/mol. The minimum absolute atomic E-state index is 0.0568. The number of nitrogens with zero attached hydrogens (tertiary/aromatic N) is 2. The lowest BCUT2D eigenvalue weighted by Gasteiger charge is -2.39. The first-order chi connectivity index (χ1) is 15.6. The van der Waals surface area contributed by atoms with E-state index in [-0.39, 0.29) is 12.0 Å². The minimum atomic E-state index is -0.323. The Bertz CT molecular complexity index is 924. The van der Waals surface area contributed by atoms with Gasteiger partial charge in [0.15, 0.2) is 5.96 Å². The highest BCUT2D eigenvalue weighted by atomic mass is 16.5. The van der Waals surface area contributed by atoms with E-state index < -0.39 is 0 Å². The number of carbonyl (C=O) groups is 1. The van der Waals surface area contributed by atoms with Crippen LogP contribution in [0.1, 0.15) is 43.2 Å². The fourth-order valence-electron chi connectivity index (χ4n) is 4.81. The molecule has 0 radical (unpaired) electrons. The van der Waals surface area contributed by atoms with Crippen LogP contribution in [-0.4, -0.2) is 49.6 Å². The van der Waals surface area contributed by atoms with Crippen LogP contribution in [0.5, 0.6) is 0 Å². The molecule has 0 aromatic heterocycles. The van der Waals surface area contributed by atoms with Crippen LogP contribution in [-0.2, 0) is 16.1 Å². The Balaban J connectivity index is 1.31. The van der Waals surface area contributed by atoms with Gasteiger partial charge in [-0.1, -0.05) is 49.4 Å². The molecule has 32 heavy (non-hydrogen) atoms. The number of amides is 1. The van der Waals surface area contributed by atoms with Gasteiger partial charge in [-0.2, -0.15) is 0 Å². The molecule has 1 amide bonds. The zero-order valence-electron chi connectivity index (χ0n) is 19.1. The van der Waals surface area contributed by atoms with Gasteiger partial charge in [-0.25, -0.2) is 0 Å². The van der Waals surface area contributed by atoms with Crippen LogP contribution in [0.3, 0.4) is 0 Å². The van der Waals surface area contributed by atoms with E-state index in [1.807, 2.05) is 25.2 Å². The van der Waals surface area contributed by atoms with Crippen LogP contribution in [0.2, 0.25) is 0 Å². The highest BCUT2D eigenvalue weighted by molar-refractivity contribution is 5.94. The molecule has 0 bridgehead atoms. The molecule has 6 nitrogen and oxygen atoms in total. The van der Waals surface area contributed by atoms with E-state index in [4.69, 9.17) is 4.74 Å². The molecule has 6 heteroatoms. The van der Waals surface area contributed by atoms with Crippen LogP contribution in [0, 0.1) is 5.92 Å². The number of anilines is 1. The van der Waals surface area contributed by atoms with Gasteiger partial charge in [-0.05, 0) is 54.4 Å². The third kappa shape index (κ3) is 5.49. The first kappa shape index (κ1) is 22.3. The second-order valence-electron chi connectivity index (χ2n) is 8.82. The van der Waals surface area contributed by atoms with Crippen molar-refractivity contribution in [1.82, 2.24) is 10.2 Å². The van der Waals surface area contributed by atoms with Crippen LogP contribution in [0.15, 0.2) is 59.6 Å². The fourth-order valence-corrected chi connectivity index (χ4v) is 4.81. The number of ether oxygens (including phenoxy) is 1. The zero-order chi connectivity index (χ0) is 22.3. The summed E-state index contributed by atoms with van der Waals surface area (Å²) < 4.78 is 5.48. The van der Waals surface area contributed by atoms with Crippen molar-refractivity contribution in [2.24, 2.45) is 10.9 Å². The van der Waals surface area contributed by atoms with Crippen molar-refractivity contribution in [2.45, 2.75) is 44.8 Å². The summed E-state index contributed by atoms with van der Waals surface area (Å²) in [5.74, 6) is 2.02. The summed E-state index contributed by atoms with van der Waals surface area (Å²) in [5, 5.41) is 6.49. The third-order valence-electron chi connectivity index (χ3n) is 6.51. The summed E-state index contributed by atoms with van der Waals surface area (Å²) in [7, 11) is 1.84. The Kier molecular flexibility index (Phi) is 7.43. The first-order valence-electron chi connectivity index (χ1n) is 11.7. The Morgan fingerprint density at radius 3 is 2.72 bits per heavy atom. The lowest BCUT2D eigenvalue weighted by molar-refractivity contribution is -0.124. The molecular weight excluding hydrogens is 400 g/mol. The van der Waals surface area contributed by atoms with Crippen LogP contribution in [0.25, 0.3) is 0 Å². The molecule has 3 unspecified atom stereocenters. The van der Waals surface area contributed by atoms with Gasteiger partial charge in [0.05, 0.1) is 0 Å². The number of carbonyl (C=O) groups excluding carboxylic acids is 1. The van der Waals surface area contributed by atoms with Gasteiger partial charge >= 0.3 is 0 Å². The summed E-state index contributed by atoms with van der Waals surface area (Å²) in [6, 6.07) is 18.8. The van der Waals surface area contributed by atoms with E-state index in [0.717, 1.165) is 49.6 Å². The number of aliphatic imine (C=N–C) groups is 1. The van der Waals surface area contributed by atoms with Crippen LogP contribution < -0.4 is 10.6 Å². The van der Waals surface area contributed by atoms with Crippen LogP contribution in [0.4, 0.5) is 5.69 Å². The normalized spacial score (nSPS) is 23.8. The molecule has 170 valence electrons. The fraction of sp³-hybridized carbons (Fsp3) is 0.462. The van der Waals surface area contributed by atoms with Crippen molar-refractivity contribution in [2.75, 3.05) is 32.1 Å². The van der Waals surface area contributed by atoms with E-state index >= 15 is 0 Å². The summed E-state index contributed by atoms with van der Waals surface area (Å²) in [5.41, 5.74) is 3.34. The number of nitrogens with one attached hydrogen (secondary N) is 2. The summed E-state index contributed by atoms with van der Waals surface area (Å²) in [6.45, 7) is 5.63. The second kappa shape index (κ2) is 10.6. The van der Waals surface area contributed by atoms with Gasteiger partial charge in [0, 0.05) is 39.0 Å². The van der Waals surface area contributed by atoms with Gasteiger partial charge in [-0.15, -0.1) is 0 Å². The number of guanidine groups is 1. The van der Waals surface area contributed by atoms with E-state index in [1.165, 1.54) is 5.56 Å². The first-order valence-corrected chi connectivity index (χ1v) is 11.7. The third-order valence-corrected chi connectivity index (χ3v) is 6.51. The molecule has 0 saturated carbocycles. The van der Waals surface area contributed by atoms with Gasteiger partial charge in [0.1, 0.15) is 6.10 Å². The molecule has 4 rings (SSSR count). The number of hydrogen-bond donors (Lipinski definition) is 2. The van der Waals surface area contributed by atoms with Crippen molar-refractivity contribution >= 4 is 17.6 Å². The van der Waals surface area contributed by atoms with Crippen molar-refractivity contribution in [3.63, 3.8) is 0 Å². The molecule has 2 saturated heterocycles. The van der Waals surface area contributed by atoms with Crippen LogP contribution >= 0.6 is 0 Å². The molecule has 2 aromatic rings. The summed E-state index contributed by atoms with van der Waals surface area (Å²) in [6.07, 6.45) is 2.54. The zero-order valence-corrected chi connectivity index (χ0v) is 19.1. The largest absolute Gasteiger partial charge is 0.368 e. The number of hydrogen-bond acceptors (Lipinski definition) is 3. The molecule has 2 aliphatic heterocycles. The van der Waals surface area contributed by atoms with E-state index in [2.05, 4.69) is 63.8 Å². The Hall–Kier alpha value is -2.86. The van der Waals surface area contributed by atoms with Crippen molar-refractivity contribution in [3.8, 4) is 0 Å². The molecule has 0 aliphatic carbocycles. The topological polar surface area (TPSA) is 66.0 Å². The second-order valence-corrected chi connectivity index (χ2v) is 8.82. The standard InChI is InChI=1S/C26H34N4O2/c1-19-18-30(14-13-23(19)21-9-4-3-5-10-21)26(27-2)28-17-20-8-6-11-22(16-20)29-25(31)24-12-7-15-32-24/h3-6,8-11,16,19,23-24H,7,12-15,17-18H2,1-2H3,(H,27,28)(H,29,31). The minimum Gasteiger partial charge on any atom is -0.368 e. The maximum Gasteiger partial charge on any atom is 0.253 e. The van der Waals surface area contributed by atoms with E-state index in [0.29, 0.717) is 25.0 Å². The van der Waals surface area contributed by atoms with E-state index in [1.54, 1.807) is 0 Å². The van der Waals surface area contributed by atoms with Gasteiger partial charge in [0.25, 0.3) is 5.91 Å². The quantitative estimate of drug-likeness (QED) is 0.551. The highest BCUT2D eigenvalue weighted by Gasteiger charge is 2.28. The van der Waals surface area contributed by atoms with Crippen molar-refractivity contribution < 1.29 is 9.53 Å². The van der Waals surface area contributed by atoms with Gasteiger partial charge in [0.2, 0.25) is 0 Å². The lowest BCUT2D eigenvalue weighted by Crippen LogP contribution is -2.47. The average Bonchev–Trinajstić information content (AvgIpc) is 3.36. The predicted octanol–water partition coefficient (Wildman–Crippen LogP) is 4.01. The Morgan fingerprint density at radius 2 is 2.00 bits per heavy atom. The van der Waals surface area contributed by atoms with Crippen molar-refractivity contribution in [3.05, 3.63) is 65.7 Å². The Labute approximate surface area is 191 Å². The SMILES string of the molecule is CN=C(NCc1cccc(NC(=O)C2CCCO2)c1)N1CCC(c2ccccc2)C(C)C1. The number of piperidine rings is 1. The maximum atomic E-state index is 12.3. The molecule has 2 N–H and O–H groups in total. The van der Waals surface area contributed by atoms with Crippen molar-refractivity contribution in [1.29, 1.82) is 0 Å². The lowest BCUT2D eigenvalue weighted by atomic mass is 9.82. The van der Waals surface area contributed by atoms with Gasteiger partial charge in [-0.3, -0.25) is 9.79 Å². The molecule has 2 heterocycles. The monoisotopic (exact) mass is 434 g/mol. The number of benzene rings is 2. The molecule has 2 aliphatic rings. The molecule has 3 atom stereocenters. The number of likely N-dealkylation sites (tertiary alicyclic amines) is 1. The Morgan fingerprint density at radius 1 is 1.16 bits per heavy atom. The van der Waals surface area contributed by atoms with E-state index in [9.17, 15) is 4.79 Å². The summed E-state index contributed by atoms with van der Waals surface area (Å²) >= 11 is 0. The molecule has 2 fully saturated rings. The summed E-state index contributed by atoms with van der Waals surface area (Å²) in [4.78, 5) is 19.2. The smallest absolute Gasteiger partial charge is 0.253 e. The van der Waals surface area contributed by atoms with Gasteiger partial charge < -0.3 is 20.3 Å². The number of rotatable bonds is 5. The molecule has 0 spiro atoms. The molecular formula is C26H34N4O2. The molecule has 2 aromatic carbocycles. The average molecular weight is 435 g/mol.